The van der Waals surface area contributed by atoms with Gasteiger partial charge in [-0.3, -0.25) is 9.00 Å². The first kappa shape index (κ1) is 12.9. The van der Waals surface area contributed by atoms with Crippen LogP contribution in [0.1, 0.15) is 17.2 Å². The summed E-state index contributed by atoms with van der Waals surface area (Å²) in [5.74, 6) is -0.898. The minimum absolute atomic E-state index is 0.0765. The fourth-order valence-electron chi connectivity index (χ4n) is 1.36. The van der Waals surface area contributed by atoms with Crippen LogP contribution in [0, 0.1) is 0 Å². The lowest BCUT2D eigenvalue weighted by molar-refractivity contribution is -0.136. The highest BCUT2D eigenvalue weighted by Crippen LogP contribution is 2.20. The van der Waals surface area contributed by atoms with Crippen LogP contribution in [0.2, 0.25) is 0 Å². The molecule has 4 nitrogen and oxygen atoms in total. The molecule has 0 bridgehead atoms. The molecule has 0 aliphatic heterocycles. The Hall–Kier alpha value is -1.20. The van der Waals surface area contributed by atoms with Crippen LogP contribution in [0.3, 0.4) is 0 Å². The Morgan fingerprint density at radius 3 is 2.44 bits per heavy atom. The van der Waals surface area contributed by atoms with Crippen molar-refractivity contribution < 1.29 is 19.2 Å². The molecule has 0 heterocycles. The maximum absolute atomic E-state index is 11.8. The fraction of sp³-hybridized carbons (Fsp3) is 0.364. The van der Waals surface area contributed by atoms with Crippen LogP contribution in [0.25, 0.3) is 0 Å². The van der Waals surface area contributed by atoms with Gasteiger partial charge in [-0.15, -0.1) is 0 Å². The highest BCUT2D eigenvalue weighted by Gasteiger charge is 2.25. The van der Waals surface area contributed by atoms with Gasteiger partial charge in [0.1, 0.15) is 0 Å². The lowest BCUT2D eigenvalue weighted by Gasteiger charge is -2.11. The first-order valence-electron chi connectivity index (χ1n) is 4.92. The number of aliphatic hydroxyl groups excluding tert-OH is 1. The Morgan fingerprint density at radius 1 is 1.31 bits per heavy atom. The molecule has 0 radical (unpaired) electrons. The number of hydrogen-bond acceptors (Lipinski definition) is 3. The van der Waals surface area contributed by atoms with Gasteiger partial charge in [-0.1, -0.05) is 30.3 Å². The van der Waals surface area contributed by atoms with Crippen LogP contribution < -0.4 is 0 Å². The van der Waals surface area contributed by atoms with E-state index in [0.29, 0.717) is 12.0 Å². The second-order valence-electron chi connectivity index (χ2n) is 3.29. The SMILES string of the molecule is O=C(O)C(c1ccccc1)S(=O)CCCO. The van der Waals surface area contributed by atoms with Crippen molar-refractivity contribution in [1.82, 2.24) is 0 Å². The van der Waals surface area contributed by atoms with E-state index in [9.17, 15) is 9.00 Å². The standard InChI is InChI=1S/C11H14O4S/c12-7-4-8-16(15)10(11(13)14)9-5-2-1-3-6-9/h1-3,5-6,10,12H,4,7-8H2,(H,13,14). The molecule has 1 aromatic carbocycles. The molecular weight excluding hydrogens is 228 g/mol. The van der Waals surface area contributed by atoms with Crippen molar-refractivity contribution in [2.24, 2.45) is 0 Å². The van der Waals surface area contributed by atoms with Crippen molar-refractivity contribution in [3.8, 4) is 0 Å². The number of benzene rings is 1. The quantitative estimate of drug-likeness (QED) is 0.778. The first-order valence-corrected chi connectivity index (χ1v) is 6.31. The van der Waals surface area contributed by atoms with Crippen molar-refractivity contribution in [3.05, 3.63) is 35.9 Å². The van der Waals surface area contributed by atoms with Gasteiger partial charge in [0.15, 0.2) is 5.25 Å². The minimum atomic E-state index is -1.50. The largest absolute Gasteiger partial charge is 0.480 e. The molecule has 0 saturated heterocycles. The molecule has 0 aliphatic carbocycles. The predicted molar refractivity (Wildman–Crippen MR) is 61.5 cm³/mol. The summed E-state index contributed by atoms with van der Waals surface area (Å²) in [5.41, 5.74) is 0.534. The molecule has 1 rings (SSSR count). The summed E-state index contributed by atoms with van der Waals surface area (Å²) in [7, 11) is -1.50. The molecule has 1 aromatic rings. The van der Waals surface area contributed by atoms with E-state index >= 15 is 0 Å². The normalized spacial score (nSPS) is 14.3. The van der Waals surface area contributed by atoms with Crippen LogP contribution in [-0.4, -0.2) is 32.8 Å². The topological polar surface area (TPSA) is 74.6 Å². The molecule has 0 aliphatic rings. The number of aliphatic carboxylic acids is 1. The lowest BCUT2D eigenvalue weighted by atomic mass is 10.1. The van der Waals surface area contributed by atoms with Gasteiger partial charge in [0.2, 0.25) is 0 Å². The summed E-state index contributed by atoms with van der Waals surface area (Å²) >= 11 is 0. The molecule has 0 fully saturated rings. The van der Waals surface area contributed by atoms with Gasteiger partial charge in [0.25, 0.3) is 0 Å². The Balaban J connectivity index is 2.84. The monoisotopic (exact) mass is 242 g/mol. The zero-order valence-electron chi connectivity index (χ0n) is 8.70. The zero-order chi connectivity index (χ0) is 12.0. The molecule has 88 valence electrons. The van der Waals surface area contributed by atoms with E-state index < -0.39 is 22.0 Å². The molecule has 0 saturated carbocycles. The molecule has 0 amide bonds. The molecule has 2 N–H and O–H groups in total. The van der Waals surface area contributed by atoms with Crippen LogP contribution in [0.4, 0.5) is 0 Å². The molecule has 0 aromatic heterocycles. The van der Waals surface area contributed by atoms with Gasteiger partial charge in [-0.05, 0) is 12.0 Å². The Morgan fingerprint density at radius 2 is 1.94 bits per heavy atom. The maximum Gasteiger partial charge on any atom is 0.323 e. The van der Waals surface area contributed by atoms with Crippen molar-refractivity contribution in [3.63, 3.8) is 0 Å². The predicted octanol–water partition coefficient (Wildman–Crippen LogP) is 0.943. The number of hydrogen-bond donors (Lipinski definition) is 2. The van der Waals surface area contributed by atoms with Crippen LogP contribution in [0.15, 0.2) is 30.3 Å². The van der Waals surface area contributed by atoms with Crippen LogP contribution in [-0.2, 0) is 15.6 Å². The Bertz CT molecular complexity index is 364. The highest BCUT2D eigenvalue weighted by molar-refractivity contribution is 7.86. The first-order chi connectivity index (χ1) is 7.66. The van der Waals surface area contributed by atoms with Gasteiger partial charge < -0.3 is 10.2 Å². The van der Waals surface area contributed by atoms with Gasteiger partial charge in [0.05, 0.1) is 0 Å². The Labute approximate surface area is 96.4 Å². The summed E-state index contributed by atoms with van der Waals surface area (Å²) in [5, 5.41) is 16.7. The third kappa shape index (κ3) is 3.43. The van der Waals surface area contributed by atoms with E-state index in [-0.39, 0.29) is 12.4 Å². The van der Waals surface area contributed by atoms with E-state index in [1.165, 1.54) is 0 Å². The van der Waals surface area contributed by atoms with Gasteiger partial charge in [0, 0.05) is 23.2 Å². The average molecular weight is 242 g/mol. The van der Waals surface area contributed by atoms with E-state index in [4.69, 9.17) is 10.2 Å². The fourth-order valence-corrected chi connectivity index (χ4v) is 2.69. The average Bonchev–Trinajstić information content (AvgIpc) is 2.27. The summed E-state index contributed by atoms with van der Waals surface area (Å²) < 4.78 is 11.8. The maximum atomic E-state index is 11.8. The summed E-state index contributed by atoms with van der Waals surface area (Å²) in [6, 6.07) is 8.51. The zero-order valence-corrected chi connectivity index (χ0v) is 9.52. The minimum Gasteiger partial charge on any atom is -0.480 e. The van der Waals surface area contributed by atoms with Crippen LogP contribution >= 0.6 is 0 Å². The highest BCUT2D eigenvalue weighted by atomic mass is 32.2. The molecule has 2 unspecified atom stereocenters. The van der Waals surface area contributed by atoms with Crippen molar-refractivity contribution in [2.45, 2.75) is 11.7 Å². The second-order valence-corrected chi connectivity index (χ2v) is 4.93. The number of aliphatic hydroxyl groups is 1. The smallest absolute Gasteiger partial charge is 0.323 e. The second kappa shape index (κ2) is 6.40. The van der Waals surface area contributed by atoms with Crippen molar-refractivity contribution >= 4 is 16.8 Å². The van der Waals surface area contributed by atoms with E-state index in [1.54, 1.807) is 30.3 Å². The number of carboxylic acid groups (broad SMARTS) is 1. The molecular formula is C11H14O4S. The van der Waals surface area contributed by atoms with Crippen molar-refractivity contribution in [1.29, 1.82) is 0 Å². The molecule has 0 spiro atoms. The lowest BCUT2D eigenvalue weighted by Crippen LogP contribution is -2.19. The Kier molecular flexibility index (Phi) is 5.14. The number of carboxylic acids is 1. The van der Waals surface area contributed by atoms with Gasteiger partial charge in [-0.25, -0.2) is 0 Å². The molecule has 5 heteroatoms. The number of rotatable bonds is 6. The third-order valence-electron chi connectivity index (χ3n) is 2.09. The van der Waals surface area contributed by atoms with Crippen molar-refractivity contribution in [2.75, 3.05) is 12.4 Å². The molecule has 16 heavy (non-hydrogen) atoms. The molecule has 2 atom stereocenters. The van der Waals surface area contributed by atoms with E-state index in [1.807, 2.05) is 0 Å². The summed E-state index contributed by atoms with van der Waals surface area (Å²) in [6.07, 6.45) is 0.350. The van der Waals surface area contributed by atoms with Gasteiger partial charge in [-0.2, -0.15) is 0 Å². The van der Waals surface area contributed by atoms with Gasteiger partial charge >= 0.3 is 5.97 Å². The van der Waals surface area contributed by atoms with Crippen LogP contribution in [0.5, 0.6) is 0 Å². The van der Waals surface area contributed by atoms with E-state index in [2.05, 4.69) is 0 Å². The summed E-state index contributed by atoms with van der Waals surface area (Å²) in [4.78, 5) is 11.0. The number of carbonyl (C=O) groups is 1. The third-order valence-corrected chi connectivity index (χ3v) is 3.78. The van der Waals surface area contributed by atoms with E-state index in [0.717, 1.165) is 0 Å². The summed E-state index contributed by atoms with van der Waals surface area (Å²) in [6.45, 7) is -0.0765.